The highest BCUT2D eigenvalue weighted by Crippen LogP contribution is 2.39. The third-order valence-electron chi connectivity index (χ3n) is 12.7. The molecule has 8 N–H and O–H groups in total. The van der Waals surface area contributed by atoms with E-state index in [9.17, 15) is 30.0 Å². The highest BCUT2D eigenvalue weighted by molar-refractivity contribution is 6.32. The molecule has 2 aromatic heterocycles. The zero-order valence-corrected chi connectivity index (χ0v) is 40.1. The molecule has 2 saturated heterocycles. The third-order valence-corrected chi connectivity index (χ3v) is 13.3. The monoisotopic (exact) mass is 992 g/mol. The van der Waals surface area contributed by atoms with E-state index < -0.39 is 36.2 Å². The largest absolute Gasteiger partial charge is 0.488 e. The van der Waals surface area contributed by atoms with Crippen LogP contribution < -0.4 is 30.4 Å². The van der Waals surface area contributed by atoms with E-state index in [0.717, 1.165) is 44.5 Å². The second-order valence-electron chi connectivity index (χ2n) is 17.7. The van der Waals surface area contributed by atoms with Crippen LogP contribution in [0.15, 0.2) is 97.6 Å². The molecule has 4 heterocycles. The van der Waals surface area contributed by atoms with E-state index in [-0.39, 0.29) is 65.4 Å². The van der Waals surface area contributed by atoms with Crippen LogP contribution in [0.4, 0.5) is 11.4 Å². The zero-order valence-electron chi connectivity index (χ0n) is 38.6. The molecule has 16 nitrogen and oxygen atoms in total. The minimum atomic E-state index is -1.02. The van der Waals surface area contributed by atoms with E-state index in [1.54, 1.807) is 58.6 Å². The lowest BCUT2D eigenvalue weighted by Gasteiger charge is -2.23. The molecule has 2 aliphatic rings. The number of benzene rings is 4. The van der Waals surface area contributed by atoms with Crippen LogP contribution in [0.3, 0.4) is 0 Å². The van der Waals surface area contributed by atoms with Gasteiger partial charge in [-0.3, -0.25) is 29.4 Å². The average molecular weight is 994 g/mol. The molecule has 0 amide bonds. The number of carboxylic acids is 2. The van der Waals surface area contributed by atoms with Gasteiger partial charge in [0.1, 0.15) is 61.5 Å². The number of aliphatic hydroxyl groups is 2. The first-order valence-electron chi connectivity index (χ1n) is 22.6. The number of β-amino-alcohol motifs (C(OH)–C–C–N with tert-alkyl or cyclic N) is 2. The van der Waals surface area contributed by atoms with Gasteiger partial charge < -0.3 is 50.8 Å². The van der Waals surface area contributed by atoms with Gasteiger partial charge in [-0.25, -0.2) is 0 Å². The number of aliphatic carboxylic acids is 2. The number of rotatable bonds is 19. The van der Waals surface area contributed by atoms with E-state index in [2.05, 4.69) is 9.97 Å². The Morgan fingerprint density at radius 1 is 0.586 bits per heavy atom. The van der Waals surface area contributed by atoms with E-state index >= 15 is 0 Å². The normalized spacial score (nSPS) is 18.2. The highest BCUT2D eigenvalue weighted by atomic mass is 35.5. The number of carboxylic acid groups (broad SMARTS) is 2. The number of nitrogen functional groups attached to an aromatic ring is 2. The molecule has 4 aromatic carbocycles. The Hall–Kier alpha value is -6.66. The lowest BCUT2D eigenvalue weighted by molar-refractivity contribution is -0.143. The third kappa shape index (κ3) is 11.8. The highest BCUT2D eigenvalue weighted by Gasteiger charge is 2.38. The first-order valence-corrected chi connectivity index (χ1v) is 23.4. The molecule has 366 valence electrons. The van der Waals surface area contributed by atoms with Crippen LogP contribution in [0, 0.1) is 13.8 Å². The Balaban J connectivity index is 1.00. The number of hydrogen-bond acceptors (Lipinski definition) is 14. The van der Waals surface area contributed by atoms with Crippen LogP contribution in [-0.2, 0) is 49.1 Å². The van der Waals surface area contributed by atoms with E-state index in [4.69, 9.17) is 53.6 Å². The van der Waals surface area contributed by atoms with Crippen molar-refractivity contribution in [2.45, 2.75) is 90.5 Å². The first-order chi connectivity index (χ1) is 33.6. The molecule has 0 spiro atoms. The molecule has 18 heteroatoms. The van der Waals surface area contributed by atoms with Gasteiger partial charge in [0.2, 0.25) is 0 Å². The second-order valence-corrected chi connectivity index (χ2v) is 18.5. The maximum atomic E-state index is 12.1. The molecule has 2 fully saturated rings. The predicted octanol–water partition coefficient (Wildman–Crippen LogP) is 7.59. The van der Waals surface area contributed by atoms with Gasteiger partial charge in [0.05, 0.1) is 33.6 Å². The summed E-state index contributed by atoms with van der Waals surface area (Å²) < 4.78 is 25.4. The molecule has 2 aliphatic heterocycles. The number of aliphatic hydroxyl groups excluding tert-OH is 2. The maximum Gasteiger partial charge on any atom is 0.321 e. The Kier molecular flexibility index (Phi) is 15.6. The van der Waals surface area contributed by atoms with Gasteiger partial charge in [-0.2, -0.15) is 0 Å². The van der Waals surface area contributed by atoms with E-state index in [1.807, 2.05) is 50.2 Å². The number of carbonyl (C=O) groups is 2. The van der Waals surface area contributed by atoms with Crippen LogP contribution in [0.2, 0.25) is 10.0 Å². The molecule has 0 radical (unpaired) electrons. The van der Waals surface area contributed by atoms with Crippen LogP contribution >= 0.6 is 23.2 Å². The van der Waals surface area contributed by atoms with Gasteiger partial charge in [-0.15, -0.1) is 0 Å². The van der Waals surface area contributed by atoms with Gasteiger partial charge >= 0.3 is 11.9 Å². The first kappa shape index (κ1) is 49.8. The fourth-order valence-corrected chi connectivity index (χ4v) is 9.50. The van der Waals surface area contributed by atoms with Crippen LogP contribution in [0.1, 0.15) is 57.3 Å². The van der Waals surface area contributed by atoms with Gasteiger partial charge in [0.15, 0.2) is 0 Å². The molecular weight excluding hydrogens is 940 g/mol. The Bertz CT molecular complexity index is 2700. The average Bonchev–Trinajstić information content (AvgIpc) is 3.89. The summed E-state index contributed by atoms with van der Waals surface area (Å²) in [6.07, 6.45) is 5.06. The van der Waals surface area contributed by atoms with Crippen molar-refractivity contribution in [2.24, 2.45) is 0 Å². The minimum absolute atomic E-state index is 0.115. The lowest BCUT2D eigenvalue weighted by atomic mass is 9.92. The number of nitrogens with zero attached hydrogens (tertiary/aromatic N) is 4. The van der Waals surface area contributed by atoms with Gasteiger partial charge in [0, 0.05) is 98.2 Å². The van der Waals surface area contributed by atoms with Crippen LogP contribution in [0.25, 0.3) is 11.1 Å². The number of halogens is 2. The van der Waals surface area contributed by atoms with Crippen LogP contribution in [0.5, 0.6) is 23.0 Å². The quantitative estimate of drug-likeness (QED) is 0.0459. The lowest BCUT2D eigenvalue weighted by Crippen LogP contribution is -2.35. The fraction of sp³-hybridized carbons (Fsp3) is 0.308. The molecule has 6 aromatic rings. The summed E-state index contributed by atoms with van der Waals surface area (Å²) in [4.78, 5) is 35.8. The molecule has 0 aliphatic carbocycles. The summed E-state index contributed by atoms with van der Waals surface area (Å²) in [5.41, 5.74) is 21.4. The SMILES string of the molecule is Cc1c(COc2cc(OCc3cncc(N)c3)c(CN3C[C@@H](O)C[C@H]3C(=O)O)cc2Cl)cccc1-c1cccc(COc2cc(OCc3cncc(N)c3)c(CN3C[C@@H](O)C[C@H]3C(=O)O)cc2Cl)c1C. The fourth-order valence-electron chi connectivity index (χ4n) is 9.02. The van der Waals surface area contributed by atoms with Crippen molar-refractivity contribution in [3.63, 3.8) is 0 Å². The van der Waals surface area contributed by atoms with E-state index in [1.165, 1.54) is 12.4 Å². The van der Waals surface area contributed by atoms with Crippen molar-refractivity contribution in [3.05, 3.63) is 152 Å². The van der Waals surface area contributed by atoms with Crippen molar-refractivity contribution in [1.82, 2.24) is 19.8 Å². The molecule has 0 unspecified atom stereocenters. The van der Waals surface area contributed by atoms with Crippen LogP contribution in [-0.4, -0.2) is 89.5 Å². The molecule has 4 atom stereocenters. The standard InChI is InChI=1S/C52H54Cl2N6O10/c1-29-33(27-69-49-15-47(67-25-31-9-37(55)19-57-17-31)35(11-43(49)53)21-59-23-39(61)13-45(59)51(63)64)5-3-7-41(29)42-8-4-6-34(30(42)2)28-70-50-16-48(68-26-32-10-38(56)20-58-18-32)36(12-44(50)54)22-60-24-40(62)14-46(60)52(65)66/h3-12,15-20,39-40,45-46,61-62H,13-14,21-28,55-56H2,1-2H3,(H,63,64)(H,65,66)/t39-,40-,45-,46-/m0/s1. The Morgan fingerprint density at radius 3 is 1.37 bits per heavy atom. The van der Waals surface area contributed by atoms with Crippen molar-refractivity contribution in [1.29, 1.82) is 0 Å². The summed E-state index contributed by atoms with van der Waals surface area (Å²) in [5, 5.41) is 41.0. The van der Waals surface area contributed by atoms with E-state index in [0.29, 0.717) is 55.5 Å². The number of aromatic nitrogens is 2. The molecule has 70 heavy (non-hydrogen) atoms. The number of ether oxygens (including phenoxy) is 4. The maximum absolute atomic E-state index is 12.1. The van der Waals surface area contributed by atoms with Gasteiger partial charge in [0.25, 0.3) is 0 Å². The smallest absolute Gasteiger partial charge is 0.321 e. The van der Waals surface area contributed by atoms with Crippen molar-refractivity contribution < 1.29 is 49.0 Å². The predicted molar refractivity (Wildman–Crippen MR) is 264 cm³/mol. The number of anilines is 2. The molecule has 0 bridgehead atoms. The topological polar surface area (TPSA) is 236 Å². The van der Waals surface area contributed by atoms with Crippen molar-refractivity contribution in [3.8, 4) is 34.1 Å². The van der Waals surface area contributed by atoms with Crippen molar-refractivity contribution in [2.75, 3.05) is 24.6 Å². The summed E-state index contributed by atoms with van der Waals surface area (Å²) in [6.45, 7) is 5.36. The summed E-state index contributed by atoms with van der Waals surface area (Å²) in [7, 11) is 0. The zero-order chi connectivity index (χ0) is 49.6. The number of likely N-dealkylation sites (tertiary alicyclic amines) is 2. The Labute approximate surface area is 414 Å². The summed E-state index contributed by atoms with van der Waals surface area (Å²) >= 11 is 13.7. The number of pyridine rings is 2. The molecular formula is C52H54Cl2N6O10. The van der Waals surface area contributed by atoms with Crippen molar-refractivity contribution >= 4 is 46.5 Å². The summed E-state index contributed by atoms with van der Waals surface area (Å²) in [6, 6.07) is 20.6. The van der Waals surface area contributed by atoms with Gasteiger partial charge in [-0.1, -0.05) is 59.6 Å². The minimum Gasteiger partial charge on any atom is -0.488 e. The molecule has 0 saturated carbocycles. The second kappa shape index (κ2) is 22.0. The number of hydrogen-bond donors (Lipinski definition) is 6. The van der Waals surface area contributed by atoms with Gasteiger partial charge in [-0.05, 0) is 71.5 Å². The number of nitrogens with two attached hydrogens (primary N) is 2. The Morgan fingerprint density at radius 2 is 0.986 bits per heavy atom. The molecule has 8 rings (SSSR count). The summed E-state index contributed by atoms with van der Waals surface area (Å²) in [5.74, 6) is -0.442.